The molecule has 1 amide bonds. The Morgan fingerprint density at radius 2 is 2.04 bits per heavy atom. The highest BCUT2D eigenvalue weighted by atomic mass is 16.2. The molecule has 4 rings (SSSR count). The van der Waals surface area contributed by atoms with Crippen molar-refractivity contribution in [3.05, 3.63) is 83.4 Å². The van der Waals surface area contributed by atoms with Gasteiger partial charge in [-0.2, -0.15) is 0 Å². The summed E-state index contributed by atoms with van der Waals surface area (Å²) in [6, 6.07) is 12.8. The van der Waals surface area contributed by atoms with Crippen LogP contribution in [0.1, 0.15) is 5.56 Å². The quantitative estimate of drug-likeness (QED) is 0.590. The molecule has 3 heterocycles. The summed E-state index contributed by atoms with van der Waals surface area (Å²) < 4.78 is 4.50. The van der Waals surface area contributed by atoms with Crippen LogP contribution in [0.3, 0.4) is 0 Å². The van der Waals surface area contributed by atoms with E-state index in [1.807, 2.05) is 35.0 Å². The molecular formula is C18H16N6O2. The number of hydrogen-bond acceptors (Lipinski definition) is 4. The van der Waals surface area contributed by atoms with Crippen LogP contribution in [0.2, 0.25) is 0 Å². The van der Waals surface area contributed by atoms with Crippen LogP contribution in [0, 0.1) is 0 Å². The van der Waals surface area contributed by atoms with E-state index in [1.165, 1.54) is 4.40 Å². The number of fused-ring (bicyclic) bond motifs is 1. The van der Waals surface area contributed by atoms with E-state index in [-0.39, 0.29) is 18.1 Å². The maximum absolute atomic E-state index is 12.3. The van der Waals surface area contributed by atoms with E-state index < -0.39 is 0 Å². The molecule has 130 valence electrons. The Kier molecular flexibility index (Phi) is 4.06. The molecule has 0 saturated carbocycles. The molecule has 0 aliphatic rings. The van der Waals surface area contributed by atoms with Gasteiger partial charge in [-0.1, -0.05) is 18.2 Å². The number of nitrogens with zero attached hydrogens (tertiary/aromatic N) is 5. The molecule has 1 N–H and O–H groups in total. The fourth-order valence-corrected chi connectivity index (χ4v) is 2.75. The first-order valence-corrected chi connectivity index (χ1v) is 8.08. The second kappa shape index (κ2) is 6.67. The topological polar surface area (TPSA) is 86.2 Å². The maximum atomic E-state index is 12.3. The molecule has 0 unspecified atom stereocenters. The van der Waals surface area contributed by atoms with Gasteiger partial charge in [0.2, 0.25) is 5.91 Å². The average Bonchev–Trinajstić information content (AvgIpc) is 3.24. The third-order valence-electron chi connectivity index (χ3n) is 3.92. The zero-order chi connectivity index (χ0) is 17.9. The molecule has 0 fully saturated rings. The van der Waals surface area contributed by atoms with Crippen LogP contribution in [-0.4, -0.2) is 29.6 Å². The molecule has 8 nitrogen and oxygen atoms in total. The van der Waals surface area contributed by atoms with Gasteiger partial charge in [-0.05, 0) is 29.8 Å². The van der Waals surface area contributed by atoms with Gasteiger partial charge in [0.25, 0.3) is 0 Å². The normalized spacial score (nSPS) is 10.9. The molecule has 0 bridgehead atoms. The summed E-state index contributed by atoms with van der Waals surface area (Å²) in [5.74, 6) is -0.310. The molecule has 8 heteroatoms. The molecule has 0 atom stereocenters. The Morgan fingerprint density at radius 3 is 2.85 bits per heavy atom. The zero-order valence-electron chi connectivity index (χ0n) is 13.8. The molecule has 4 aromatic rings. The van der Waals surface area contributed by atoms with Crippen LogP contribution < -0.4 is 11.0 Å². The summed E-state index contributed by atoms with van der Waals surface area (Å²) in [6.07, 6.45) is 6.96. The van der Waals surface area contributed by atoms with Crippen molar-refractivity contribution in [2.24, 2.45) is 0 Å². The van der Waals surface area contributed by atoms with E-state index in [9.17, 15) is 9.59 Å². The molecule has 0 saturated heterocycles. The first-order chi connectivity index (χ1) is 12.7. The first-order valence-electron chi connectivity index (χ1n) is 8.08. The van der Waals surface area contributed by atoms with Crippen LogP contribution >= 0.6 is 0 Å². The van der Waals surface area contributed by atoms with E-state index >= 15 is 0 Å². The van der Waals surface area contributed by atoms with Crippen molar-refractivity contribution >= 4 is 17.2 Å². The lowest BCUT2D eigenvalue weighted by Gasteiger charge is -2.08. The van der Waals surface area contributed by atoms with Gasteiger partial charge in [0.15, 0.2) is 5.65 Å². The predicted molar refractivity (Wildman–Crippen MR) is 95.9 cm³/mol. The van der Waals surface area contributed by atoms with Crippen molar-refractivity contribution in [3.8, 4) is 0 Å². The zero-order valence-corrected chi connectivity index (χ0v) is 13.8. The van der Waals surface area contributed by atoms with Gasteiger partial charge >= 0.3 is 5.69 Å². The minimum absolute atomic E-state index is 0.147. The van der Waals surface area contributed by atoms with Crippen LogP contribution in [0.25, 0.3) is 5.65 Å². The van der Waals surface area contributed by atoms with Gasteiger partial charge in [0.05, 0.1) is 6.33 Å². The summed E-state index contributed by atoms with van der Waals surface area (Å²) >= 11 is 0. The lowest BCUT2D eigenvalue weighted by molar-refractivity contribution is -0.117. The third-order valence-corrected chi connectivity index (χ3v) is 3.92. The maximum Gasteiger partial charge on any atom is 0.350 e. The predicted octanol–water partition coefficient (Wildman–Crippen LogP) is 1.38. The van der Waals surface area contributed by atoms with Crippen LogP contribution in [0.5, 0.6) is 0 Å². The Bertz CT molecular complexity index is 1110. The van der Waals surface area contributed by atoms with Crippen LogP contribution in [0.15, 0.2) is 72.2 Å². The number of imidazole rings is 1. The molecule has 0 spiro atoms. The number of anilines is 1. The largest absolute Gasteiger partial charge is 0.350 e. The van der Waals surface area contributed by atoms with Crippen molar-refractivity contribution in [1.82, 2.24) is 23.7 Å². The standard InChI is InChI=1S/C18H16N6O2/c25-17(12-24-18(26)23-8-2-1-6-16(23)21-24)20-15-5-3-4-14(10-15)11-22-9-7-19-13-22/h1-10,13H,11-12H2,(H,20,25). The fraction of sp³-hybridized carbons (Fsp3) is 0.111. The first kappa shape index (κ1) is 15.8. The summed E-state index contributed by atoms with van der Waals surface area (Å²) in [6.45, 7) is 0.516. The van der Waals surface area contributed by atoms with Gasteiger partial charge in [-0.3, -0.25) is 9.20 Å². The molecule has 1 aromatic carbocycles. The molecule has 0 radical (unpaired) electrons. The van der Waals surface area contributed by atoms with Gasteiger partial charge in [-0.25, -0.2) is 14.5 Å². The Morgan fingerprint density at radius 1 is 1.12 bits per heavy atom. The Balaban J connectivity index is 1.47. The lowest BCUT2D eigenvalue weighted by atomic mass is 10.2. The minimum Gasteiger partial charge on any atom is -0.333 e. The van der Waals surface area contributed by atoms with E-state index in [4.69, 9.17) is 0 Å². The van der Waals surface area contributed by atoms with E-state index in [0.29, 0.717) is 17.9 Å². The SMILES string of the molecule is O=C(Cn1nc2ccccn2c1=O)Nc1cccc(Cn2ccnc2)c1. The van der Waals surface area contributed by atoms with E-state index in [1.54, 1.807) is 36.9 Å². The number of carbonyl (C=O) groups excluding carboxylic acids is 1. The van der Waals surface area contributed by atoms with Crippen LogP contribution in [-0.2, 0) is 17.9 Å². The third kappa shape index (κ3) is 3.25. The van der Waals surface area contributed by atoms with Crippen molar-refractivity contribution in [1.29, 1.82) is 0 Å². The Labute approximate surface area is 148 Å². The van der Waals surface area contributed by atoms with Crippen molar-refractivity contribution in [2.45, 2.75) is 13.1 Å². The Hall–Kier alpha value is -3.68. The molecule has 0 aliphatic carbocycles. The molecule has 26 heavy (non-hydrogen) atoms. The summed E-state index contributed by atoms with van der Waals surface area (Å²) in [7, 11) is 0. The summed E-state index contributed by atoms with van der Waals surface area (Å²) in [5.41, 5.74) is 1.87. The number of amides is 1. The smallest absolute Gasteiger partial charge is 0.333 e. The van der Waals surface area contributed by atoms with Crippen molar-refractivity contribution < 1.29 is 4.79 Å². The van der Waals surface area contributed by atoms with Gasteiger partial charge < -0.3 is 9.88 Å². The molecule has 3 aromatic heterocycles. The van der Waals surface area contributed by atoms with E-state index in [0.717, 1.165) is 10.2 Å². The number of hydrogen-bond donors (Lipinski definition) is 1. The number of aromatic nitrogens is 5. The summed E-state index contributed by atoms with van der Waals surface area (Å²) in [4.78, 5) is 28.5. The number of benzene rings is 1. The minimum atomic E-state index is -0.343. The number of rotatable bonds is 5. The van der Waals surface area contributed by atoms with E-state index in [2.05, 4.69) is 15.4 Å². The average molecular weight is 348 g/mol. The fourth-order valence-electron chi connectivity index (χ4n) is 2.75. The summed E-state index contributed by atoms with van der Waals surface area (Å²) in [5, 5.41) is 6.97. The second-order valence-corrected chi connectivity index (χ2v) is 5.85. The second-order valence-electron chi connectivity index (χ2n) is 5.85. The highest BCUT2D eigenvalue weighted by Gasteiger charge is 2.10. The highest BCUT2D eigenvalue weighted by molar-refractivity contribution is 5.90. The van der Waals surface area contributed by atoms with Crippen molar-refractivity contribution in [2.75, 3.05) is 5.32 Å². The van der Waals surface area contributed by atoms with Gasteiger partial charge in [0, 0.05) is 30.8 Å². The lowest BCUT2D eigenvalue weighted by Crippen LogP contribution is -2.28. The van der Waals surface area contributed by atoms with Crippen LogP contribution in [0.4, 0.5) is 5.69 Å². The molecular weight excluding hydrogens is 332 g/mol. The number of nitrogens with one attached hydrogen (secondary N) is 1. The monoisotopic (exact) mass is 348 g/mol. The van der Waals surface area contributed by atoms with Gasteiger partial charge in [0.1, 0.15) is 6.54 Å². The molecule has 0 aliphatic heterocycles. The number of carbonyl (C=O) groups is 1. The highest BCUT2D eigenvalue weighted by Crippen LogP contribution is 2.12. The van der Waals surface area contributed by atoms with Crippen molar-refractivity contribution in [3.63, 3.8) is 0 Å². The number of pyridine rings is 1. The van der Waals surface area contributed by atoms with Gasteiger partial charge in [-0.15, -0.1) is 5.10 Å².